The Hall–Kier alpha value is -4.52. The van der Waals surface area contributed by atoms with Gasteiger partial charge in [0.2, 0.25) is 0 Å². The number of hydrogen-bond donors (Lipinski definition) is 3. The van der Waals surface area contributed by atoms with Crippen LogP contribution in [0.4, 0.5) is 26.9 Å². The smallest absolute Gasteiger partial charge is 0.324 e. The monoisotopic (exact) mass is 680 g/mol. The fourth-order valence-electron chi connectivity index (χ4n) is 4.94. The number of pyridine rings is 1. The number of methoxy groups -OCH3 is 1. The van der Waals surface area contributed by atoms with Gasteiger partial charge >= 0.3 is 12.1 Å². The molecule has 4 amide bonds. The summed E-state index contributed by atoms with van der Waals surface area (Å²) in [7, 11) is 5.61. The molecule has 4 aromatic rings. The molecule has 47 heavy (non-hydrogen) atoms. The van der Waals surface area contributed by atoms with Gasteiger partial charge in [0.05, 0.1) is 29.2 Å². The first-order valence-corrected chi connectivity index (χ1v) is 15.7. The molecular weight excluding hydrogens is 643 g/mol. The topological polar surface area (TPSA) is 126 Å². The first-order valence-electron chi connectivity index (χ1n) is 15.0. The van der Waals surface area contributed by atoms with Crippen molar-refractivity contribution in [2.24, 2.45) is 0 Å². The van der Waals surface area contributed by atoms with E-state index in [0.29, 0.717) is 42.3 Å². The van der Waals surface area contributed by atoms with Crippen LogP contribution >= 0.6 is 23.2 Å². The Labute approximate surface area is 283 Å². The summed E-state index contributed by atoms with van der Waals surface area (Å²) in [5, 5.41) is 13.4. The van der Waals surface area contributed by atoms with E-state index >= 15 is 0 Å². The molecule has 5 rings (SSSR count). The largest absolute Gasteiger partial charge is 0.497 e. The number of rotatable bonds is 8. The van der Waals surface area contributed by atoms with E-state index in [-0.39, 0.29) is 32.9 Å². The lowest BCUT2D eigenvalue weighted by Gasteiger charge is -2.20. The molecule has 1 saturated heterocycles. The zero-order valence-electron chi connectivity index (χ0n) is 27.1. The molecule has 3 N–H and O–H groups in total. The third-order valence-corrected chi connectivity index (χ3v) is 8.57. The second-order valence-electron chi connectivity index (χ2n) is 12.4. The van der Waals surface area contributed by atoms with Crippen molar-refractivity contribution in [3.05, 3.63) is 76.5 Å². The first-order chi connectivity index (χ1) is 22.3. The maximum Gasteiger partial charge on any atom is 0.324 e. The average molecular weight is 682 g/mol. The highest BCUT2D eigenvalue weighted by atomic mass is 35.5. The van der Waals surface area contributed by atoms with Gasteiger partial charge in [0.15, 0.2) is 0 Å². The Balaban J connectivity index is 1.26. The number of halogens is 2. The number of benzene rings is 2. The van der Waals surface area contributed by atoms with E-state index < -0.39 is 6.03 Å². The summed E-state index contributed by atoms with van der Waals surface area (Å²) in [6.45, 7) is 7.44. The highest BCUT2D eigenvalue weighted by molar-refractivity contribution is 6.45. The van der Waals surface area contributed by atoms with Gasteiger partial charge < -0.3 is 24.6 Å². The third-order valence-electron chi connectivity index (χ3n) is 7.71. The van der Waals surface area contributed by atoms with Crippen LogP contribution in [0.3, 0.4) is 0 Å². The van der Waals surface area contributed by atoms with Crippen LogP contribution in [0.5, 0.6) is 17.2 Å². The summed E-state index contributed by atoms with van der Waals surface area (Å²) in [4.78, 5) is 34.1. The summed E-state index contributed by atoms with van der Waals surface area (Å²) in [6.07, 6.45) is 2.43. The molecule has 0 radical (unpaired) electrons. The second kappa shape index (κ2) is 14.1. The van der Waals surface area contributed by atoms with Crippen molar-refractivity contribution in [3.8, 4) is 22.9 Å². The molecule has 14 heteroatoms. The molecule has 1 fully saturated rings. The van der Waals surface area contributed by atoms with E-state index in [9.17, 15) is 9.59 Å². The van der Waals surface area contributed by atoms with Crippen LogP contribution in [0.1, 0.15) is 32.9 Å². The maximum absolute atomic E-state index is 13.2. The van der Waals surface area contributed by atoms with Gasteiger partial charge in [0.25, 0.3) is 0 Å². The van der Waals surface area contributed by atoms with Crippen LogP contribution in [0.25, 0.3) is 5.69 Å². The van der Waals surface area contributed by atoms with E-state index in [0.717, 1.165) is 17.8 Å². The number of likely N-dealkylation sites (tertiary alicyclic amines) is 1. The summed E-state index contributed by atoms with van der Waals surface area (Å²) in [5.41, 5.74) is 1.55. The summed E-state index contributed by atoms with van der Waals surface area (Å²) in [6, 6.07) is 15.1. The van der Waals surface area contributed by atoms with Crippen LogP contribution in [0, 0.1) is 0 Å². The number of amides is 4. The lowest BCUT2D eigenvalue weighted by Crippen LogP contribution is -2.36. The Bertz CT molecular complexity index is 1750. The fraction of sp³-hybridized carbons (Fsp3) is 0.333. The molecule has 1 aliphatic heterocycles. The number of carbonyl (C=O) groups is 2. The molecule has 0 bridgehead atoms. The van der Waals surface area contributed by atoms with E-state index in [1.807, 2.05) is 65.2 Å². The van der Waals surface area contributed by atoms with Gasteiger partial charge in [-0.3, -0.25) is 10.6 Å². The number of likely N-dealkylation sites (N-methyl/N-ethyl adjacent to an activating group) is 1. The van der Waals surface area contributed by atoms with Gasteiger partial charge in [-0.25, -0.2) is 19.3 Å². The van der Waals surface area contributed by atoms with Gasteiger partial charge in [-0.15, -0.1) is 0 Å². The minimum absolute atomic E-state index is 0.0884. The molecule has 12 nitrogen and oxygen atoms in total. The Morgan fingerprint density at radius 1 is 0.957 bits per heavy atom. The molecule has 0 aliphatic carbocycles. The van der Waals surface area contributed by atoms with E-state index in [1.165, 1.54) is 6.20 Å². The summed E-state index contributed by atoms with van der Waals surface area (Å²) >= 11 is 13.2. The number of urea groups is 2. The molecule has 0 saturated carbocycles. The highest BCUT2D eigenvalue weighted by Crippen LogP contribution is 2.40. The number of nitrogens with zero attached hydrogens (tertiary/aromatic N) is 5. The lowest BCUT2D eigenvalue weighted by atomic mass is 9.92. The summed E-state index contributed by atoms with van der Waals surface area (Å²) in [5.74, 6) is 2.15. The number of ether oxygens (including phenoxy) is 2. The molecule has 2 aromatic carbocycles. The van der Waals surface area contributed by atoms with Crippen LogP contribution in [-0.2, 0) is 5.41 Å². The number of nitrogens with one attached hydrogen (secondary N) is 3. The molecule has 0 spiro atoms. The average Bonchev–Trinajstić information content (AvgIpc) is 3.70. The van der Waals surface area contributed by atoms with Gasteiger partial charge in [-0.1, -0.05) is 44.0 Å². The number of aromatic nitrogens is 3. The van der Waals surface area contributed by atoms with E-state index in [1.54, 1.807) is 41.0 Å². The molecule has 1 aliphatic rings. The van der Waals surface area contributed by atoms with Crippen molar-refractivity contribution in [3.63, 3.8) is 0 Å². The van der Waals surface area contributed by atoms with E-state index in [2.05, 4.69) is 25.8 Å². The highest BCUT2D eigenvalue weighted by Gasteiger charge is 2.28. The minimum Gasteiger partial charge on any atom is -0.497 e. The Kier molecular flexibility index (Phi) is 10.1. The summed E-state index contributed by atoms with van der Waals surface area (Å²) < 4.78 is 12.9. The van der Waals surface area contributed by atoms with Crippen molar-refractivity contribution in [2.45, 2.75) is 38.6 Å². The van der Waals surface area contributed by atoms with Gasteiger partial charge in [-0.2, -0.15) is 5.10 Å². The number of hydrogen-bond acceptors (Lipinski definition) is 7. The molecular formula is C33H38Cl2N8O4. The van der Waals surface area contributed by atoms with Crippen LogP contribution in [0.15, 0.2) is 60.8 Å². The van der Waals surface area contributed by atoms with Crippen molar-refractivity contribution in [1.82, 2.24) is 24.6 Å². The molecule has 248 valence electrons. The standard InChI is InChI=1S/C33H38Cl2N8O4/c1-33(2,3)26-18-28(43(40-26)20-7-9-22(46-6)10-8-20)39-31(44)37-24-11-12-25(30(35)29(24)34)47-23-13-15-36-27(17-23)38-32(45)42-16-14-21(19-42)41(4)5/h7-13,15,17-18,21H,14,16,19H2,1-6H3,(H,36,38,45)(H2,37,39,44)/t21-/m0/s1. The van der Waals surface area contributed by atoms with Gasteiger partial charge in [-0.05, 0) is 63.0 Å². The zero-order chi connectivity index (χ0) is 33.9. The van der Waals surface area contributed by atoms with E-state index in [4.69, 9.17) is 37.8 Å². The number of anilines is 3. The normalized spacial score (nSPS) is 14.7. The fourth-order valence-corrected chi connectivity index (χ4v) is 5.35. The zero-order valence-corrected chi connectivity index (χ0v) is 28.6. The second-order valence-corrected chi connectivity index (χ2v) is 13.1. The van der Waals surface area contributed by atoms with Crippen LogP contribution in [0.2, 0.25) is 10.0 Å². The first kappa shape index (κ1) is 33.8. The lowest BCUT2D eigenvalue weighted by molar-refractivity contribution is 0.216. The Morgan fingerprint density at radius 2 is 1.70 bits per heavy atom. The third kappa shape index (κ3) is 8.07. The predicted molar refractivity (Wildman–Crippen MR) is 185 cm³/mol. The van der Waals surface area contributed by atoms with Gasteiger partial charge in [0, 0.05) is 42.9 Å². The SMILES string of the molecule is COc1ccc(-n2nc(C(C)(C)C)cc2NC(=O)Nc2ccc(Oc3ccnc(NC(=O)N4CC[C@H](N(C)C)C4)c3)c(Cl)c2Cl)cc1. The predicted octanol–water partition coefficient (Wildman–Crippen LogP) is 7.48. The Morgan fingerprint density at radius 3 is 2.36 bits per heavy atom. The number of carbonyl (C=O) groups excluding carboxylic acids is 2. The van der Waals surface area contributed by atoms with Gasteiger partial charge in [0.1, 0.15) is 33.9 Å². The van der Waals surface area contributed by atoms with Crippen LogP contribution < -0.4 is 25.4 Å². The maximum atomic E-state index is 13.2. The van der Waals surface area contributed by atoms with Crippen molar-refractivity contribution in [2.75, 3.05) is 50.2 Å². The molecule has 1 atom stereocenters. The minimum atomic E-state index is -0.545. The van der Waals surface area contributed by atoms with Crippen LogP contribution in [-0.4, -0.2) is 77.0 Å². The molecule has 2 aromatic heterocycles. The molecule has 3 heterocycles. The molecule has 0 unspecified atom stereocenters. The quantitative estimate of drug-likeness (QED) is 0.176. The van der Waals surface area contributed by atoms with Crippen molar-refractivity contribution >= 4 is 52.6 Å². The van der Waals surface area contributed by atoms with Crippen molar-refractivity contribution in [1.29, 1.82) is 0 Å². The van der Waals surface area contributed by atoms with Crippen molar-refractivity contribution < 1.29 is 19.1 Å².